The van der Waals surface area contributed by atoms with Gasteiger partial charge < -0.3 is 5.73 Å². The van der Waals surface area contributed by atoms with E-state index in [0.29, 0.717) is 17.4 Å². The van der Waals surface area contributed by atoms with Crippen molar-refractivity contribution >= 4 is 10.0 Å². The summed E-state index contributed by atoms with van der Waals surface area (Å²) in [6, 6.07) is 7.05. The van der Waals surface area contributed by atoms with Crippen molar-refractivity contribution in [3.63, 3.8) is 0 Å². The fraction of sp³-hybridized carbons (Fsp3) is 0.600. The van der Waals surface area contributed by atoms with Crippen LogP contribution in [0.15, 0.2) is 29.2 Å². The number of aryl methyl sites for hydroxylation is 1. The van der Waals surface area contributed by atoms with Gasteiger partial charge in [-0.25, -0.2) is 13.1 Å². The molecule has 1 aliphatic rings. The smallest absolute Gasteiger partial charge is 0.241 e. The maximum atomic E-state index is 12.6. The van der Waals surface area contributed by atoms with Gasteiger partial charge in [-0.2, -0.15) is 0 Å². The van der Waals surface area contributed by atoms with Gasteiger partial charge in [0.2, 0.25) is 10.0 Å². The van der Waals surface area contributed by atoms with E-state index in [2.05, 4.69) is 11.6 Å². The molecule has 1 saturated carbocycles. The zero-order valence-corrected chi connectivity index (χ0v) is 13.0. The Morgan fingerprint density at radius 3 is 2.70 bits per heavy atom. The van der Waals surface area contributed by atoms with E-state index in [9.17, 15) is 8.42 Å². The lowest BCUT2D eigenvalue weighted by molar-refractivity contribution is 0.223. The largest absolute Gasteiger partial charge is 0.329 e. The molecule has 0 heterocycles. The van der Waals surface area contributed by atoms with E-state index in [0.717, 1.165) is 31.2 Å². The summed E-state index contributed by atoms with van der Waals surface area (Å²) in [5.41, 5.74) is 6.17. The number of sulfonamides is 1. The summed E-state index contributed by atoms with van der Waals surface area (Å²) in [7, 11) is -3.51. The lowest BCUT2D eigenvalue weighted by atomic mass is 9.77. The van der Waals surface area contributed by atoms with Crippen LogP contribution < -0.4 is 10.5 Å². The van der Waals surface area contributed by atoms with Crippen molar-refractivity contribution in [1.82, 2.24) is 4.72 Å². The number of hydrogen-bond donors (Lipinski definition) is 2. The quantitative estimate of drug-likeness (QED) is 0.894. The molecule has 1 aliphatic carbocycles. The van der Waals surface area contributed by atoms with E-state index in [1.54, 1.807) is 12.1 Å². The molecular weight excluding hydrogens is 272 g/mol. The van der Waals surface area contributed by atoms with E-state index >= 15 is 0 Å². The predicted molar refractivity (Wildman–Crippen MR) is 80.9 cm³/mol. The SMILES string of the molecule is Cc1ccccc1S(=O)(=O)NC1(CN)CCCC(C)C1. The second kappa shape index (κ2) is 5.84. The Morgan fingerprint density at radius 1 is 1.40 bits per heavy atom. The molecule has 0 aromatic heterocycles. The first-order valence-corrected chi connectivity index (χ1v) is 8.66. The molecule has 0 saturated heterocycles. The van der Waals surface area contributed by atoms with Crippen molar-refractivity contribution in [3.8, 4) is 0 Å². The standard InChI is InChI=1S/C15H24N2O2S/c1-12-6-5-9-15(10-12,11-16)17-20(18,19)14-8-4-3-7-13(14)2/h3-4,7-8,12,17H,5-6,9-11,16H2,1-2H3. The molecular formula is C15H24N2O2S. The van der Waals surface area contributed by atoms with Crippen LogP contribution in [0.4, 0.5) is 0 Å². The van der Waals surface area contributed by atoms with Crippen molar-refractivity contribution in [2.45, 2.75) is 50.0 Å². The van der Waals surface area contributed by atoms with Gasteiger partial charge in [-0.1, -0.05) is 38.0 Å². The Hall–Kier alpha value is -0.910. The molecule has 4 nitrogen and oxygen atoms in total. The maximum absolute atomic E-state index is 12.6. The van der Waals surface area contributed by atoms with Crippen LogP contribution in [0.2, 0.25) is 0 Å². The molecule has 20 heavy (non-hydrogen) atoms. The number of rotatable bonds is 4. The third-order valence-corrected chi connectivity index (χ3v) is 5.95. The minimum Gasteiger partial charge on any atom is -0.329 e. The first-order valence-electron chi connectivity index (χ1n) is 7.18. The van der Waals surface area contributed by atoms with Gasteiger partial charge in [0, 0.05) is 12.1 Å². The van der Waals surface area contributed by atoms with Crippen molar-refractivity contribution < 1.29 is 8.42 Å². The van der Waals surface area contributed by atoms with Crippen LogP contribution in [0.25, 0.3) is 0 Å². The van der Waals surface area contributed by atoms with Gasteiger partial charge in [-0.15, -0.1) is 0 Å². The summed E-state index contributed by atoms with van der Waals surface area (Å²) >= 11 is 0. The topological polar surface area (TPSA) is 72.2 Å². The van der Waals surface area contributed by atoms with Crippen molar-refractivity contribution in [3.05, 3.63) is 29.8 Å². The molecule has 2 atom stereocenters. The van der Waals surface area contributed by atoms with E-state index in [4.69, 9.17) is 5.73 Å². The summed E-state index contributed by atoms with van der Waals surface area (Å²) in [6.45, 7) is 4.32. The fourth-order valence-electron chi connectivity index (χ4n) is 3.18. The summed E-state index contributed by atoms with van der Waals surface area (Å²) in [6.07, 6.45) is 3.80. The lowest BCUT2D eigenvalue weighted by Crippen LogP contribution is -2.55. The maximum Gasteiger partial charge on any atom is 0.241 e. The summed E-state index contributed by atoms with van der Waals surface area (Å²) in [5, 5.41) is 0. The predicted octanol–water partition coefficient (Wildman–Crippen LogP) is 2.18. The molecule has 2 rings (SSSR count). The van der Waals surface area contributed by atoms with Crippen LogP contribution in [-0.4, -0.2) is 20.5 Å². The highest BCUT2D eigenvalue weighted by atomic mass is 32.2. The minimum absolute atomic E-state index is 0.350. The molecule has 0 aliphatic heterocycles. The average molecular weight is 296 g/mol. The van der Waals surface area contributed by atoms with Gasteiger partial charge in [-0.05, 0) is 37.3 Å². The zero-order chi connectivity index (χ0) is 14.8. The Labute approximate surface area is 121 Å². The lowest BCUT2D eigenvalue weighted by Gasteiger charge is -2.39. The molecule has 5 heteroatoms. The van der Waals surface area contributed by atoms with Gasteiger partial charge in [0.1, 0.15) is 0 Å². The van der Waals surface area contributed by atoms with E-state index in [-0.39, 0.29) is 0 Å². The Morgan fingerprint density at radius 2 is 2.10 bits per heavy atom. The minimum atomic E-state index is -3.51. The zero-order valence-electron chi connectivity index (χ0n) is 12.2. The second-order valence-electron chi connectivity index (χ2n) is 6.06. The van der Waals surface area contributed by atoms with Crippen LogP contribution in [0.1, 0.15) is 38.2 Å². The molecule has 0 amide bonds. The molecule has 0 radical (unpaired) electrons. The monoisotopic (exact) mass is 296 g/mol. The van der Waals surface area contributed by atoms with E-state index < -0.39 is 15.6 Å². The molecule has 112 valence electrons. The van der Waals surface area contributed by atoms with Crippen molar-refractivity contribution in [2.24, 2.45) is 11.7 Å². The third kappa shape index (κ3) is 3.22. The third-order valence-electron chi connectivity index (χ3n) is 4.22. The molecule has 1 aromatic rings. The van der Waals surface area contributed by atoms with Crippen LogP contribution >= 0.6 is 0 Å². The summed E-state index contributed by atoms with van der Waals surface area (Å²) < 4.78 is 28.1. The van der Waals surface area contributed by atoms with Crippen LogP contribution in [0.5, 0.6) is 0 Å². The Kier molecular flexibility index (Phi) is 4.52. The number of nitrogens with one attached hydrogen (secondary N) is 1. The van der Waals surface area contributed by atoms with Crippen LogP contribution in [0, 0.1) is 12.8 Å². The van der Waals surface area contributed by atoms with Gasteiger partial charge in [0.05, 0.1) is 4.90 Å². The van der Waals surface area contributed by atoms with Crippen molar-refractivity contribution in [2.75, 3.05) is 6.54 Å². The fourth-order valence-corrected chi connectivity index (χ4v) is 4.88. The Bertz CT molecular complexity index is 571. The molecule has 2 unspecified atom stereocenters. The van der Waals surface area contributed by atoms with Gasteiger partial charge >= 0.3 is 0 Å². The molecule has 3 N–H and O–H groups in total. The van der Waals surface area contributed by atoms with Gasteiger partial charge in [0.15, 0.2) is 0 Å². The highest BCUT2D eigenvalue weighted by Crippen LogP contribution is 2.33. The molecule has 1 aromatic carbocycles. The van der Waals surface area contributed by atoms with Crippen LogP contribution in [-0.2, 0) is 10.0 Å². The number of hydrogen-bond acceptors (Lipinski definition) is 3. The van der Waals surface area contributed by atoms with Gasteiger partial charge in [0.25, 0.3) is 0 Å². The highest BCUT2D eigenvalue weighted by Gasteiger charge is 2.37. The van der Waals surface area contributed by atoms with Crippen LogP contribution in [0.3, 0.4) is 0 Å². The molecule has 1 fully saturated rings. The first-order chi connectivity index (χ1) is 9.38. The summed E-state index contributed by atoms with van der Waals surface area (Å²) in [4.78, 5) is 0.353. The molecule has 0 bridgehead atoms. The molecule has 0 spiro atoms. The first kappa shape index (κ1) is 15.5. The van der Waals surface area contributed by atoms with Gasteiger partial charge in [-0.3, -0.25) is 0 Å². The highest BCUT2D eigenvalue weighted by molar-refractivity contribution is 7.89. The average Bonchev–Trinajstić information content (AvgIpc) is 2.38. The second-order valence-corrected chi connectivity index (χ2v) is 7.71. The Balaban J connectivity index is 2.29. The number of nitrogens with two attached hydrogens (primary N) is 1. The normalized spacial score (nSPS) is 27.4. The van der Waals surface area contributed by atoms with E-state index in [1.165, 1.54) is 0 Å². The van der Waals surface area contributed by atoms with E-state index in [1.807, 2.05) is 19.1 Å². The number of benzene rings is 1. The van der Waals surface area contributed by atoms with Crippen molar-refractivity contribution in [1.29, 1.82) is 0 Å². The summed E-state index contributed by atoms with van der Waals surface area (Å²) in [5.74, 6) is 0.506.